The predicted octanol–water partition coefficient (Wildman–Crippen LogP) is 2.24. The number of aldehydes is 1. The Labute approximate surface area is 110 Å². The SMILES string of the molecule is CCc1c(-c2ccncc2)[nH]c(C=O)c1C(=O)OC. The minimum atomic E-state index is -0.504. The fraction of sp³-hybridized carbons (Fsp3) is 0.214. The van der Waals surface area contributed by atoms with Crippen LogP contribution in [0.25, 0.3) is 11.3 Å². The molecule has 0 aliphatic rings. The van der Waals surface area contributed by atoms with Crippen molar-refractivity contribution in [2.75, 3.05) is 7.11 Å². The molecular weight excluding hydrogens is 244 g/mol. The van der Waals surface area contributed by atoms with Gasteiger partial charge in [-0.3, -0.25) is 9.78 Å². The second kappa shape index (κ2) is 5.48. The maximum Gasteiger partial charge on any atom is 0.340 e. The topological polar surface area (TPSA) is 72.0 Å². The van der Waals surface area contributed by atoms with E-state index >= 15 is 0 Å². The van der Waals surface area contributed by atoms with Crippen LogP contribution in [0, 0.1) is 0 Å². The van der Waals surface area contributed by atoms with Gasteiger partial charge in [0.15, 0.2) is 6.29 Å². The van der Waals surface area contributed by atoms with Crippen molar-refractivity contribution in [3.05, 3.63) is 41.3 Å². The molecule has 0 radical (unpaired) electrons. The van der Waals surface area contributed by atoms with Crippen molar-refractivity contribution in [3.8, 4) is 11.3 Å². The number of aromatic nitrogens is 2. The Morgan fingerprint density at radius 2 is 2.11 bits per heavy atom. The quantitative estimate of drug-likeness (QED) is 0.674. The molecule has 2 rings (SSSR count). The van der Waals surface area contributed by atoms with Crippen LogP contribution in [0.4, 0.5) is 0 Å². The molecule has 19 heavy (non-hydrogen) atoms. The Morgan fingerprint density at radius 1 is 1.42 bits per heavy atom. The van der Waals surface area contributed by atoms with E-state index < -0.39 is 5.97 Å². The van der Waals surface area contributed by atoms with Crippen LogP contribution in [0.5, 0.6) is 0 Å². The van der Waals surface area contributed by atoms with E-state index in [9.17, 15) is 9.59 Å². The number of esters is 1. The first kappa shape index (κ1) is 13.0. The molecule has 2 aromatic rings. The van der Waals surface area contributed by atoms with E-state index in [2.05, 4.69) is 9.97 Å². The maximum atomic E-state index is 11.8. The molecule has 2 aromatic heterocycles. The number of hydrogen-bond acceptors (Lipinski definition) is 4. The van der Waals surface area contributed by atoms with Crippen molar-refractivity contribution in [2.45, 2.75) is 13.3 Å². The smallest absolute Gasteiger partial charge is 0.340 e. The van der Waals surface area contributed by atoms with Gasteiger partial charge in [0.2, 0.25) is 0 Å². The molecule has 5 nitrogen and oxygen atoms in total. The largest absolute Gasteiger partial charge is 0.465 e. The second-order valence-electron chi connectivity index (χ2n) is 3.97. The van der Waals surface area contributed by atoms with Gasteiger partial charge in [-0.1, -0.05) is 6.92 Å². The molecule has 0 atom stereocenters. The van der Waals surface area contributed by atoms with Gasteiger partial charge < -0.3 is 9.72 Å². The summed E-state index contributed by atoms with van der Waals surface area (Å²) in [6.45, 7) is 1.93. The molecule has 0 saturated carbocycles. The van der Waals surface area contributed by atoms with Gasteiger partial charge in [-0.2, -0.15) is 0 Å². The number of aromatic amines is 1. The Bertz CT molecular complexity index is 603. The predicted molar refractivity (Wildman–Crippen MR) is 70.1 cm³/mol. The average molecular weight is 258 g/mol. The number of carbonyl (C=O) groups is 2. The summed E-state index contributed by atoms with van der Waals surface area (Å²) in [7, 11) is 1.30. The van der Waals surface area contributed by atoms with Crippen molar-refractivity contribution < 1.29 is 14.3 Å². The number of pyridine rings is 1. The summed E-state index contributed by atoms with van der Waals surface area (Å²) in [5.74, 6) is -0.504. The van der Waals surface area contributed by atoms with Gasteiger partial charge in [0.25, 0.3) is 0 Å². The first-order chi connectivity index (χ1) is 9.22. The van der Waals surface area contributed by atoms with Crippen LogP contribution in [-0.2, 0) is 11.2 Å². The lowest BCUT2D eigenvalue weighted by molar-refractivity contribution is 0.0597. The first-order valence-corrected chi connectivity index (χ1v) is 5.91. The van der Waals surface area contributed by atoms with Gasteiger partial charge in [0.1, 0.15) is 0 Å². The Morgan fingerprint density at radius 3 is 2.63 bits per heavy atom. The Balaban J connectivity index is 2.67. The minimum Gasteiger partial charge on any atom is -0.465 e. The standard InChI is InChI=1S/C14H14N2O3/c1-3-10-12(14(18)19-2)11(8-17)16-13(10)9-4-6-15-7-5-9/h4-8,16H,3H2,1-2H3. The number of methoxy groups -OCH3 is 1. The maximum absolute atomic E-state index is 11.8. The van der Waals surface area contributed by atoms with Gasteiger partial charge in [0, 0.05) is 18.0 Å². The van der Waals surface area contributed by atoms with Crippen molar-refractivity contribution in [1.82, 2.24) is 9.97 Å². The van der Waals surface area contributed by atoms with E-state index in [1.54, 1.807) is 12.4 Å². The third-order valence-electron chi connectivity index (χ3n) is 2.96. The molecule has 0 unspecified atom stereocenters. The van der Waals surface area contributed by atoms with E-state index in [1.807, 2.05) is 19.1 Å². The van der Waals surface area contributed by atoms with Crippen LogP contribution in [0.1, 0.15) is 33.3 Å². The van der Waals surface area contributed by atoms with E-state index in [0.717, 1.165) is 16.8 Å². The molecule has 98 valence electrons. The number of rotatable bonds is 4. The molecule has 0 fully saturated rings. The summed E-state index contributed by atoms with van der Waals surface area (Å²) in [4.78, 5) is 29.9. The third-order valence-corrected chi connectivity index (χ3v) is 2.96. The zero-order valence-corrected chi connectivity index (χ0v) is 10.8. The van der Waals surface area contributed by atoms with Gasteiger partial charge in [-0.25, -0.2) is 4.79 Å². The van der Waals surface area contributed by atoms with E-state index in [0.29, 0.717) is 18.3 Å². The highest BCUT2D eigenvalue weighted by Crippen LogP contribution is 2.28. The average Bonchev–Trinajstić information content (AvgIpc) is 2.85. The van der Waals surface area contributed by atoms with Crippen molar-refractivity contribution >= 4 is 12.3 Å². The molecule has 1 N–H and O–H groups in total. The lowest BCUT2D eigenvalue weighted by Crippen LogP contribution is -2.06. The molecular formula is C14H14N2O3. The van der Waals surface area contributed by atoms with Gasteiger partial charge in [-0.15, -0.1) is 0 Å². The minimum absolute atomic E-state index is 0.246. The molecule has 0 aliphatic heterocycles. The number of hydrogen-bond donors (Lipinski definition) is 1. The monoisotopic (exact) mass is 258 g/mol. The fourth-order valence-corrected chi connectivity index (χ4v) is 2.10. The van der Waals surface area contributed by atoms with Gasteiger partial charge in [0.05, 0.1) is 24.1 Å². The van der Waals surface area contributed by atoms with E-state index in [1.165, 1.54) is 7.11 Å². The highest BCUT2D eigenvalue weighted by atomic mass is 16.5. The summed E-state index contributed by atoms with van der Waals surface area (Å²) < 4.78 is 4.74. The number of nitrogens with zero attached hydrogens (tertiary/aromatic N) is 1. The highest BCUT2D eigenvalue weighted by molar-refractivity contribution is 6.01. The van der Waals surface area contributed by atoms with Crippen LogP contribution >= 0.6 is 0 Å². The third kappa shape index (κ3) is 2.27. The molecule has 5 heteroatoms. The molecule has 0 spiro atoms. The second-order valence-corrected chi connectivity index (χ2v) is 3.97. The molecule has 0 amide bonds. The zero-order chi connectivity index (χ0) is 13.8. The molecule has 0 aliphatic carbocycles. The molecule has 0 bridgehead atoms. The lowest BCUT2D eigenvalue weighted by atomic mass is 10.0. The summed E-state index contributed by atoms with van der Waals surface area (Å²) in [6.07, 6.45) is 4.57. The van der Waals surface area contributed by atoms with E-state index in [-0.39, 0.29) is 5.69 Å². The summed E-state index contributed by atoms with van der Waals surface area (Å²) in [5, 5.41) is 0. The zero-order valence-electron chi connectivity index (χ0n) is 10.8. The van der Waals surface area contributed by atoms with Crippen molar-refractivity contribution in [1.29, 1.82) is 0 Å². The normalized spacial score (nSPS) is 10.2. The Kier molecular flexibility index (Phi) is 3.75. The fourth-order valence-electron chi connectivity index (χ4n) is 2.10. The Hall–Kier alpha value is -2.43. The van der Waals surface area contributed by atoms with Crippen molar-refractivity contribution in [3.63, 3.8) is 0 Å². The molecule has 2 heterocycles. The van der Waals surface area contributed by atoms with Gasteiger partial charge in [-0.05, 0) is 24.1 Å². The van der Waals surface area contributed by atoms with Crippen LogP contribution < -0.4 is 0 Å². The van der Waals surface area contributed by atoms with Crippen LogP contribution in [-0.4, -0.2) is 29.3 Å². The highest BCUT2D eigenvalue weighted by Gasteiger charge is 2.22. The van der Waals surface area contributed by atoms with Crippen LogP contribution in [0.3, 0.4) is 0 Å². The number of carbonyl (C=O) groups excluding carboxylic acids is 2. The van der Waals surface area contributed by atoms with Crippen molar-refractivity contribution in [2.24, 2.45) is 0 Å². The van der Waals surface area contributed by atoms with Crippen LogP contribution in [0.2, 0.25) is 0 Å². The number of nitrogens with one attached hydrogen (secondary N) is 1. The summed E-state index contributed by atoms with van der Waals surface area (Å²) in [5.41, 5.74) is 2.97. The molecule has 0 aromatic carbocycles. The summed E-state index contributed by atoms with van der Waals surface area (Å²) >= 11 is 0. The summed E-state index contributed by atoms with van der Waals surface area (Å²) in [6, 6.07) is 3.64. The lowest BCUT2D eigenvalue weighted by Gasteiger charge is -2.04. The number of ether oxygens (including phenoxy) is 1. The number of H-pyrrole nitrogens is 1. The van der Waals surface area contributed by atoms with Gasteiger partial charge >= 0.3 is 5.97 Å². The molecule has 0 saturated heterocycles. The first-order valence-electron chi connectivity index (χ1n) is 5.91. The van der Waals surface area contributed by atoms with E-state index in [4.69, 9.17) is 4.74 Å². The van der Waals surface area contributed by atoms with Crippen LogP contribution in [0.15, 0.2) is 24.5 Å².